The van der Waals surface area contributed by atoms with E-state index in [1.807, 2.05) is 31.2 Å². The third-order valence-electron chi connectivity index (χ3n) is 4.10. The second kappa shape index (κ2) is 8.19. The van der Waals surface area contributed by atoms with Gasteiger partial charge in [-0.25, -0.2) is 0 Å². The summed E-state index contributed by atoms with van der Waals surface area (Å²) in [5.41, 5.74) is 2.29. The Morgan fingerprint density at radius 1 is 1.18 bits per heavy atom. The van der Waals surface area contributed by atoms with Crippen molar-refractivity contribution in [1.82, 2.24) is 0 Å². The Morgan fingerprint density at radius 2 is 1.86 bits per heavy atom. The predicted octanol–water partition coefficient (Wildman–Crippen LogP) is 5.10. The van der Waals surface area contributed by atoms with Crippen molar-refractivity contribution in [1.29, 1.82) is 0 Å². The molecular weight excluding hydrogens is 272 g/mol. The maximum absolute atomic E-state index is 9.62. The standard InChI is InChI=1S/C10H14O.C10H16O/c1-7(2)9-4-8(3)5-10(11)6-9;1-3-7-10(2)8-5-4-6-9(10)11/h4-7,11H,1-3H3;4-6,8-9,11H,3,7H2,1-2H3. The summed E-state index contributed by atoms with van der Waals surface area (Å²) in [6, 6.07) is 5.69. The topological polar surface area (TPSA) is 40.5 Å². The number of phenols is 1. The zero-order valence-corrected chi connectivity index (χ0v) is 14.5. The van der Waals surface area contributed by atoms with Crippen LogP contribution < -0.4 is 0 Å². The average Bonchev–Trinajstić information content (AvgIpc) is 2.42. The molecule has 2 unspecified atom stereocenters. The van der Waals surface area contributed by atoms with Gasteiger partial charge in [-0.1, -0.05) is 64.5 Å². The highest BCUT2D eigenvalue weighted by Crippen LogP contribution is 2.32. The van der Waals surface area contributed by atoms with Crippen molar-refractivity contribution < 1.29 is 10.2 Å². The highest BCUT2D eigenvalue weighted by molar-refractivity contribution is 5.34. The number of rotatable bonds is 3. The van der Waals surface area contributed by atoms with Crippen LogP contribution in [0.2, 0.25) is 0 Å². The number of phenolic OH excluding ortho intramolecular Hbond substituents is 1. The molecule has 0 bridgehead atoms. The van der Waals surface area contributed by atoms with Crippen LogP contribution >= 0.6 is 0 Å². The van der Waals surface area contributed by atoms with Gasteiger partial charge in [0.25, 0.3) is 0 Å². The van der Waals surface area contributed by atoms with Gasteiger partial charge < -0.3 is 10.2 Å². The minimum Gasteiger partial charge on any atom is -0.508 e. The lowest BCUT2D eigenvalue weighted by atomic mass is 9.78. The van der Waals surface area contributed by atoms with Gasteiger partial charge in [-0.05, 0) is 42.5 Å². The molecule has 2 heteroatoms. The summed E-state index contributed by atoms with van der Waals surface area (Å²) in [5.74, 6) is 0.856. The van der Waals surface area contributed by atoms with Gasteiger partial charge in [0.05, 0.1) is 6.10 Å². The van der Waals surface area contributed by atoms with Crippen molar-refractivity contribution in [2.75, 3.05) is 0 Å². The fourth-order valence-electron chi connectivity index (χ4n) is 2.66. The molecule has 0 aromatic heterocycles. The lowest BCUT2D eigenvalue weighted by Gasteiger charge is -2.31. The number of benzene rings is 1. The number of aliphatic hydroxyl groups excluding tert-OH is 1. The van der Waals surface area contributed by atoms with Crippen molar-refractivity contribution in [3.63, 3.8) is 0 Å². The Kier molecular flexibility index (Phi) is 6.89. The van der Waals surface area contributed by atoms with Gasteiger partial charge in [0, 0.05) is 5.41 Å². The molecule has 1 aromatic carbocycles. The van der Waals surface area contributed by atoms with E-state index in [4.69, 9.17) is 0 Å². The van der Waals surface area contributed by atoms with E-state index in [2.05, 4.69) is 39.8 Å². The Labute approximate surface area is 135 Å². The molecule has 1 aliphatic carbocycles. The summed E-state index contributed by atoms with van der Waals surface area (Å²) in [4.78, 5) is 0. The maximum atomic E-state index is 9.62. The minimum atomic E-state index is -0.299. The highest BCUT2D eigenvalue weighted by atomic mass is 16.3. The maximum Gasteiger partial charge on any atom is 0.116 e. The molecule has 2 nitrogen and oxygen atoms in total. The van der Waals surface area contributed by atoms with Gasteiger partial charge in [-0.15, -0.1) is 0 Å². The van der Waals surface area contributed by atoms with Crippen molar-refractivity contribution >= 4 is 0 Å². The van der Waals surface area contributed by atoms with Crippen molar-refractivity contribution in [3.8, 4) is 5.75 Å². The second-order valence-corrected chi connectivity index (χ2v) is 6.70. The number of hydrogen-bond acceptors (Lipinski definition) is 2. The van der Waals surface area contributed by atoms with Gasteiger partial charge in [-0.3, -0.25) is 0 Å². The molecule has 2 rings (SSSR count). The number of aromatic hydroxyl groups is 1. The van der Waals surface area contributed by atoms with E-state index >= 15 is 0 Å². The molecule has 0 amide bonds. The summed E-state index contributed by atoms with van der Waals surface area (Å²) in [6.07, 6.45) is 9.75. The molecule has 0 aliphatic heterocycles. The van der Waals surface area contributed by atoms with Crippen LogP contribution in [0.1, 0.15) is 57.6 Å². The SMILES string of the molecule is CCCC1(C)C=CC=CC1O.Cc1cc(O)cc(C(C)C)c1. The molecule has 0 saturated heterocycles. The summed E-state index contributed by atoms with van der Waals surface area (Å²) in [6.45, 7) is 10.5. The van der Waals surface area contributed by atoms with E-state index in [1.165, 1.54) is 5.56 Å². The first-order chi connectivity index (χ1) is 10.3. The van der Waals surface area contributed by atoms with Gasteiger partial charge in [0.15, 0.2) is 0 Å². The number of aryl methyl sites for hydroxylation is 1. The highest BCUT2D eigenvalue weighted by Gasteiger charge is 2.28. The molecule has 2 N–H and O–H groups in total. The molecule has 1 aliphatic rings. The molecule has 22 heavy (non-hydrogen) atoms. The lowest BCUT2D eigenvalue weighted by molar-refractivity contribution is 0.103. The van der Waals surface area contributed by atoms with Crippen LogP contribution in [0.4, 0.5) is 0 Å². The quantitative estimate of drug-likeness (QED) is 0.815. The molecule has 2 atom stereocenters. The first kappa shape index (κ1) is 18.5. The number of allylic oxidation sites excluding steroid dienone is 2. The van der Waals surface area contributed by atoms with Crippen LogP contribution in [0, 0.1) is 12.3 Å². The number of aliphatic hydroxyl groups is 1. The first-order valence-electron chi connectivity index (χ1n) is 8.13. The minimum absolute atomic E-state index is 0.0243. The second-order valence-electron chi connectivity index (χ2n) is 6.70. The van der Waals surface area contributed by atoms with Crippen molar-refractivity contribution in [2.24, 2.45) is 5.41 Å². The van der Waals surface area contributed by atoms with Crippen molar-refractivity contribution in [3.05, 3.63) is 53.6 Å². The predicted molar refractivity (Wildman–Crippen MR) is 94.2 cm³/mol. The summed E-state index contributed by atoms with van der Waals surface area (Å²) < 4.78 is 0. The van der Waals surface area contributed by atoms with E-state index in [-0.39, 0.29) is 11.5 Å². The normalized spacial score (nSPS) is 23.3. The van der Waals surface area contributed by atoms with Gasteiger partial charge >= 0.3 is 0 Å². The van der Waals surface area contributed by atoms with E-state index in [1.54, 1.807) is 6.07 Å². The Hall–Kier alpha value is -1.54. The molecule has 0 heterocycles. The molecular formula is C20H30O2. The van der Waals surface area contributed by atoms with Crippen LogP contribution in [0.25, 0.3) is 0 Å². The zero-order chi connectivity index (χ0) is 16.8. The molecule has 0 fully saturated rings. The monoisotopic (exact) mass is 302 g/mol. The Balaban J connectivity index is 0.000000220. The van der Waals surface area contributed by atoms with Crippen LogP contribution in [-0.4, -0.2) is 16.3 Å². The third-order valence-corrected chi connectivity index (χ3v) is 4.10. The first-order valence-corrected chi connectivity index (χ1v) is 8.13. The Bertz CT molecular complexity index is 508. The van der Waals surface area contributed by atoms with Gasteiger partial charge in [0.2, 0.25) is 0 Å². The largest absolute Gasteiger partial charge is 0.508 e. The molecule has 1 aromatic rings. The third kappa shape index (κ3) is 5.34. The smallest absolute Gasteiger partial charge is 0.116 e. The summed E-state index contributed by atoms with van der Waals surface area (Å²) >= 11 is 0. The van der Waals surface area contributed by atoms with Crippen LogP contribution in [0.5, 0.6) is 5.75 Å². The zero-order valence-electron chi connectivity index (χ0n) is 14.5. The molecule has 0 saturated carbocycles. The van der Waals surface area contributed by atoms with E-state index < -0.39 is 0 Å². The fraction of sp³-hybridized carbons (Fsp3) is 0.500. The van der Waals surface area contributed by atoms with E-state index in [0.717, 1.165) is 18.4 Å². The van der Waals surface area contributed by atoms with Gasteiger partial charge in [0.1, 0.15) is 5.75 Å². The summed E-state index contributed by atoms with van der Waals surface area (Å²) in [7, 11) is 0. The average molecular weight is 302 g/mol. The molecule has 0 spiro atoms. The fourth-order valence-corrected chi connectivity index (χ4v) is 2.66. The van der Waals surface area contributed by atoms with Crippen LogP contribution in [-0.2, 0) is 0 Å². The summed E-state index contributed by atoms with van der Waals surface area (Å²) in [5, 5.41) is 18.9. The van der Waals surface area contributed by atoms with Crippen molar-refractivity contribution in [2.45, 2.75) is 59.5 Å². The lowest BCUT2D eigenvalue weighted by Crippen LogP contribution is -2.29. The van der Waals surface area contributed by atoms with Crippen LogP contribution in [0.3, 0.4) is 0 Å². The van der Waals surface area contributed by atoms with Crippen LogP contribution in [0.15, 0.2) is 42.5 Å². The number of hydrogen-bond donors (Lipinski definition) is 2. The van der Waals surface area contributed by atoms with E-state index in [9.17, 15) is 10.2 Å². The Morgan fingerprint density at radius 3 is 2.36 bits per heavy atom. The van der Waals surface area contributed by atoms with E-state index in [0.29, 0.717) is 11.7 Å². The van der Waals surface area contributed by atoms with Gasteiger partial charge in [-0.2, -0.15) is 0 Å². The molecule has 0 radical (unpaired) electrons. The molecule has 122 valence electrons.